The van der Waals surface area contributed by atoms with Crippen molar-refractivity contribution < 1.29 is 9.47 Å². The van der Waals surface area contributed by atoms with Crippen LogP contribution in [0.15, 0.2) is 18.2 Å². The second kappa shape index (κ2) is 5.71. The molecular weight excluding hydrogens is 238 g/mol. The highest BCUT2D eigenvalue weighted by Crippen LogP contribution is 2.23. The highest BCUT2D eigenvalue weighted by molar-refractivity contribution is 6.31. The molecule has 0 aromatic heterocycles. The van der Waals surface area contributed by atoms with Gasteiger partial charge in [0.25, 0.3) is 0 Å². The number of ether oxygens (including phenoxy) is 2. The van der Waals surface area contributed by atoms with Crippen LogP contribution in [0.25, 0.3) is 0 Å². The summed E-state index contributed by atoms with van der Waals surface area (Å²) in [5.41, 5.74) is 6.58. The second-order valence-electron chi connectivity index (χ2n) is 4.42. The van der Waals surface area contributed by atoms with Gasteiger partial charge >= 0.3 is 0 Å². The number of nitrogens with two attached hydrogens (primary N) is 1. The first-order valence-corrected chi connectivity index (χ1v) is 6.31. The molecule has 1 saturated heterocycles. The molecule has 2 unspecified atom stereocenters. The minimum absolute atomic E-state index is 0.166. The molecule has 0 amide bonds. The predicted molar refractivity (Wildman–Crippen MR) is 68.6 cm³/mol. The summed E-state index contributed by atoms with van der Waals surface area (Å²) in [6.07, 6.45) is 2.42. The van der Waals surface area contributed by atoms with Gasteiger partial charge in [-0.1, -0.05) is 11.6 Å². The van der Waals surface area contributed by atoms with E-state index < -0.39 is 0 Å². The number of hydrogen-bond donors (Lipinski definition) is 1. The minimum Gasteiger partial charge on any atom is -0.491 e. The molecule has 2 N–H and O–H groups in total. The Morgan fingerprint density at radius 3 is 2.82 bits per heavy atom. The molecule has 3 nitrogen and oxygen atoms in total. The van der Waals surface area contributed by atoms with Crippen LogP contribution in [0.4, 0.5) is 0 Å². The topological polar surface area (TPSA) is 44.5 Å². The van der Waals surface area contributed by atoms with Crippen molar-refractivity contribution in [3.8, 4) is 5.75 Å². The molecule has 1 heterocycles. The van der Waals surface area contributed by atoms with E-state index in [-0.39, 0.29) is 12.2 Å². The molecule has 1 aliphatic heterocycles. The van der Waals surface area contributed by atoms with Crippen LogP contribution in [0.3, 0.4) is 0 Å². The van der Waals surface area contributed by atoms with Crippen LogP contribution in [0.5, 0.6) is 5.75 Å². The third-order valence-electron chi connectivity index (χ3n) is 3.02. The van der Waals surface area contributed by atoms with Crippen molar-refractivity contribution in [1.82, 2.24) is 0 Å². The van der Waals surface area contributed by atoms with Crippen LogP contribution in [-0.4, -0.2) is 25.4 Å². The van der Waals surface area contributed by atoms with Crippen molar-refractivity contribution in [3.05, 3.63) is 28.8 Å². The fourth-order valence-electron chi connectivity index (χ4n) is 1.97. The summed E-state index contributed by atoms with van der Waals surface area (Å²) in [4.78, 5) is 0. The maximum Gasteiger partial charge on any atom is 0.119 e. The molecule has 1 aliphatic rings. The quantitative estimate of drug-likeness (QED) is 0.899. The normalized spacial score (nSPS) is 23.9. The van der Waals surface area contributed by atoms with Gasteiger partial charge in [0.1, 0.15) is 12.4 Å². The number of aryl methyl sites for hydroxylation is 1. The van der Waals surface area contributed by atoms with Crippen LogP contribution in [0.2, 0.25) is 5.02 Å². The molecule has 0 aliphatic carbocycles. The Morgan fingerprint density at radius 2 is 2.18 bits per heavy atom. The summed E-state index contributed by atoms with van der Waals surface area (Å²) in [6, 6.07) is 5.67. The Labute approximate surface area is 107 Å². The number of halogens is 1. The average Bonchev–Trinajstić information content (AvgIpc) is 2.79. The van der Waals surface area contributed by atoms with Crippen LogP contribution >= 0.6 is 11.6 Å². The first-order chi connectivity index (χ1) is 8.19. The van der Waals surface area contributed by atoms with Crippen LogP contribution in [0, 0.1) is 6.92 Å². The molecule has 2 atom stereocenters. The highest BCUT2D eigenvalue weighted by Gasteiger charge is 2.24. The van der Waals surface area contributed by atoms with Gasteiger partial charge < -0.3 is 15.2 Å². The maximum absolute atomic E-state index is 5.95. The van der Waals surface area contributed by atoms with Gasteiger partial charge in [0.2, 0.25) is 0 Å². The lowest BCUT2D eigenvalue weighted by Crippen LogP contribution is -2.23. The van der Waals surface area contributed by atoms with Crippen molar-refractivity contribution >= 4 is 11.6 Å². The van der Waals surface area contributed by atoms with Gasteiger partial charge in [0, 0.05) is 11.6 Å². The summed E-state index contributed by atoms with van der Waals surface area (Å²) in [6.45, 7) is 3.14. The summed E-state index contributed by atoms with van der Waals surface area (Å²) in [5, 5.41) is 0.762. The number of rotatable bonds is 4. The van der Waals surface area contributed by atoms with E-state index in [0.717, 1.165) is 29.2 Å². The summed E-state index contributed by atoms with van der Waals surface area (Å²) >= 11 is 5.95. The molecule has 4 heteroatoms. The first kappa shape index (κ1) is 12.7. The SMILES string of the molecule is Cc1cc(OCC2CCC(CN)O2)ccc1Cl. The minimum atomic E-state index is 0.166. The largest absolute Gasteiger partial charge is 0.491 e. The van der Waals surface area contributed by atoms with Crippen molar-refractivity contribution in [2.45, 2.75) is 32.0 Å². The zero-order chi connectivity index (χ0) is 12.3. The van der Waals surface area contributed by atoms with Gasteiger partial charge in [0.05, 0.1) is 12.2 Å². The zero-order valence-corrected chi connectivity index (χ0v) is 10.7. The van der Waals surface area contributed by atoms with Crippen molar-refractivity contribution in [2.75, 3.05) is 13.2 Å². The lowest BCUT2D eigenvalue weighted by molar-refractivity contribution is 0.0222. The van der Waals surface area contributed by atoms with E-state index >= 15 is 0 Å². The van der Waals surface area contributed by atoms with Gasteiger partial charge in [-0.05, 0) is 43.5 Å². The van der Waals surface area contributed by atoms with Crippen molar-refractivity contribution in [2.24, 2.45) is 5.73 Å². The van der Waals surface area contributed by atoms with E-state index in [9.17, 15) is 0 Å². The van der Waals surface area contributed by atoms with Gasteiger partial charge in [-0.15, -0.1) is 0 Å². The Balaban J connectivity index is 1.84. The van der Waals surface area contributed by atoms with E-state index in [4.69, 9.17) is 26.8 Å². The van der Waals surface area contributed by atoms with Gasteiger partial charge in [-0.2, -0.15) is 0 Å². The third-order valence-corrected chi connectivity index (χ3v) is 3.45. The van der Waals surface area contributed by atoms with E-state index in [1.54, 1.807) is 0 Å². The Hall–Kier alpha value is -0.770. The molecular formula is C13H18ClNO2. The predicted octanol–water partition coefficient (Wildman–Crippen LogP) is 2.53. The first-order valence-electron chi connectivity index (χ1n) is 5.93. The molecule has 2 rings (SSSR count). The van der Waals surface area contributed by atoms with Gasteiger partial charge in [0.15, 0.2) is 0 Å². The number of hydrogen-bond acceptors (Lipinski definition) is 3. The third kappa shape index (κ3) is 3.35. The fourth-order valence-corrected chi connectivity index (χ4v) is 2.09. The van der Waals surface area contributed by atoms with Crippen LogP contribution in [0.1, 0.15) is 18.4 Å². The molecule has 17 heavy (non-hydrogen) atoms. The molecule has 0 bridgehead atoms. The molecule has 94 valence electrons. The monoisotopic (exact) mass is 255 g/mol. The van der Waals surface area contributed by atoms with E-state index in [1.165, 1.54) is 0 Å². The highest BCUT2D eigenvalue weighted by atomic mass is 35.5. The summed E-state index contributed by atoms with van der Waals surface area (Å²) in [5.74, 6) is 0.840. The summed E-state index contributed by atoms with van der Waals surface area (Å²) < 4.78 is 11.4. The van der Waals surface area contributed by atoms with Crippen LogP contribution < -0.4 is 10.5 Å². The standard InChI is InChI=1S/C13H18ClNO2/c1-9-6-10(4-5-13(9)14)16-8-12-3-2-11(7-15)17-12/h4-6,11-12H,2-3,7-8,15H2,1H3. The molecule has 1 aromatic carbocycles. The Kier molecular flexibility index (Phi) is 4.26. The van der Waals surface area contributed by atoms with Gasteiger partial charge in [-0.3, -0.25) is 0 Å². The molecule has 1 fully saturated rings. The summed E-state index contributed by atoms with van der Waals surface area (Å²) in [7, 11) is 0. The van der Waals surface area contributed by atoms with E-state index in [1.807, 2.05) is 25.1 Å². The molecule has 0 spiro atoms. The lowest BCUT2D eigenvalue weighted by Gasteiger charge is -2.14. The fraction of sp³-hybridized carbons (Fsp3) is 0.538. The van der Waals surface area contributed by atoms with Crippen molar-refractivity contribution in [3.63, 3.8) is 0 Å². The zero-order valence-electron chi connectivity index (χ0n) is 9.99. The number of benzene rings is 1. The molecule has 0 radical (unpaired) electrons. The van der Waals surface area contributed by atoms with Crippen molar-refractivity contribution in [1.29, 1.82) is 0 Å². The smallest absolute Gasteiger partial charge is 0.119 e. The lowest BCUT2D eigenvalue weighted by atomic mass is 10.2. The van der Waals surface area contributed by atoms with Gasteiger partial charge in [-0.25, -0.2) is 0 Å². The molecule has 1 aromatic rings. The maximum atomic E-state index is 5.95. The second-order valence-corrected chi connectivity index (χ2v) is 4.82. The van der Waals surface area contributed by atoms with E-state index in [2.05, 4.69) is 0 Å². The van der Waals surface area contributed by atoms with E-state index in [0.29, 0.717) is 13.2 Å². The average molecular weight is 256 g/mol. The Bertz CT molecular complexity index is 384. The molecule has 0 saturated carbocycles. The van der Waals surface area contributed by atoms with Crippen LogP contribution in [-0.2, 0) is 4.74 Å². The Morgan fingerprint density at radius 1 is 1.41 bits per heavy atom.